The normalized spacial score (nSPS) is 16.3. The highest BCUT2D eigenvalue weighted by Crippen LogP contribution is 2.34. The molecular formula is C30H29FN6O4. The molecule has 0 saturated carbocycles. The zero-order valence-electron chi connectivity index (χ0n) is 22.3. The van der Waals surface area contributed by atoms with Gasteiger partial charge in [-0.05, 0) is 54.0 Å². The summed E-state index contributed by atoms with van der Waals surface area (Å²) in [6.07, 6.45) is 4.50. The van der Waals surface area contributed by atoms with E-state index in [0.717, 1.165) is 23.8 Å². The lowest BCUT2D eigenvalue weighted by Gasteiger charge is -2.15. The van der Waals surface area contributed by atoms with Gasteiger partial charge in [0.05, 0.1) is 18.6 Å². The van der Waals surface area contributed by atoms with Crippen LogP contribution in [0.25, 0.3) is 22.2 Å². The number of aromatic amines is 1. The maximum atomic E-state index is 15.3. The van der Waals surface area contributed by atoms with Gasteiger partial charge < -0.3 is 25.0 Å². The topological polar surface area (TPSA) is 121 Å². The second-order valence-corrected chi connectivity index (χ2v) is 9.97. The second-order valence-electron chi connectivity index (χ2n) is 9.97. The number of ether oxygens (including phenoxy) is 2. The number of likely N-dealkylation sites (tertiary alicyclic amines) is 1. The van der Waals surface area contributed by atoms with Gasteiger partial charge in [0, 0.05) is 49.4 Å². The Labute approximate surface area is 235 Å². The monoisotopic (exact) mass is 556 g/mol. The van der Waals surface area contributed by atoms with Gasteiger partial charge in [-0.1, -0.05) is 18.7 Å². The minimum atomic E-state index is -0.446. The van der Waals surface area contributed by atoms with Gasteiger partial charge in [-0.3, -0.25) is 14.7 Å². The van der Waals surface area contributed by atoms with Gasteiger partial charge in [0.2, 0.25) is 5.91 Å². The highest BCUT2D eigenvalue weighted by molar-refractivity contribution is 6.00. The number of H-pyrrole nitrogens is 1. The molecule has 10 nitrogen and oxygen atoms in total. The summed E-state index contributed by atoms with van der Waals surface area (Å²) in [5, 5.41) is 14.3. The van der Waals surface area contributed by atoms with Gasteiger partial charge in [-0.2, -0.15) is 5.10 Å². The Kier molecular flexibility index (Phi) is 7.24. The van der Waals surface area contributed by atoms with Gasteiger partial charge in [-0.25, -0.2) is 9.37 Å². The zero-order chi connectivity index (χ0) is 28.3. The van der Waals surface area contributed by atoms with Crippen LogP contribution in [0.4, 0.5) is 10.2 Å². The minimum absolute atomic E-state index is 0.0137. The van der Waals surface area contributed by atoms with Crippen LogP contribution in [0.5, 0.6) is 11.5 Å². The zero-order valence-corrected chi connectivity index (χ0v) is 22.3. The van der Waals surface area contributed by atoms with Crippen LogP contribution in [0.3, 0.4) is 0 Å². The average molecular weight is 557 g/mol. The number of benzene rings is 2. The number of nitrogens with zero attached hydrogens (tertiary/aromatic N) is 3. The second kappa shape index (κ2) is 11.3. The number of carbonyl (C=O) groups excluding carboxylic acids is 2. The lowest BCUT2D eigenvalue weighted by molar-refractivity contribution is -0.125. The van der Waals surface area contributed by atoms with E-state index in [2.05, 4.69) is 32.4 Å². The van der Waals surface area contributed by atoms with Crippen molar-refractivity contribution in [3.63, 3.8) is 0 Å². The molecule has 2 aromatic heterocycles. The van der Waals surface area contributed by atoms with Crippen molar-refractivity contribution in [2.24, 2.45) is 0 Å². The van der Waals surface area contributed by atoms with E-state index in [1.165, 1.54) is 12.1 Å². The number of pyridine rings is 1. The molecule has 210 valence electrons. The van der Waals surface area contributed by atoms with E-state index in [1.807, 2.05) is 12.1 Å². The third kappa shape index (κ3) is 5.43. The number of nitrogens with one attached hydrogen (secondary N) is 3. The van der Waals surface area contributed by atoms with Crippen LogP contribution in [0.2, 0.25) is 0 Å². The fraction of sp³-hybridized carbons (Fsp3) is 0.267. The predicted molar refractivity (Wildman–Crippen MR) is 151 cm³/mol. The van der Waals surface area contributed by atoms with Crippen molar-refractivity contribution in [3.05, 3.63) is 78.3 Å². The number of amides is 2. The van der Waals surface area contributed by atoms with E-state index in [4.69, 9.17) is 9.47 Å². The Hall–Kier alpha value is -4.93. The van der Waals surface area contributed by atoms with E-state index in [9.17, 15) is 9.59 Å². The van der Waals surface area contributed by atoms with Crippen LogP contribution in [-0.4, -0.2) is 64.2 Å². The Morgan fingerprint density at radius 2 is 2.00 bits per heavy atom. The highest BCUT2D eigenvalue weighted by atomic mass is 19.1. The molecule has 4 aromatic rings. The first-order valence-corrected chi connectivity index (χ1v) is 13.5. The van der Waals surface area contributed by atoms with Gasteiger partial charge in [0.25, 0.3) is 5.91 Å². The fourth-order valence-corrected chi connectivity index (χ4v) is 5.14. The molecule has 2 aliphatic heterocycles. The summed E-state index contributed by atoms with van der Waals surface area (Å²) in [6.45, 7) is 5.83. The summed E-state index contributed by atoms with van der Waals surface area (Å²) in [7, 11) is 0. The molecule has 4 heterocycles. The van der Waals surface area contributed by atoms with E-state index < -0.39 is 5.82 Å². The number of rotatable bonds is 7. The van der Waals surface area contributed by atoms with Crippen LogP contribution >= 0.6 is 0 Å². The number of hydrogen-bond donors (Lipinski definition) is 3. The molecule has 0 unspecified atom stereocenters. The number of hydrogen-bond acceptors (Lipinski definition) is 7. The maximum absolute atomic E-state index is 15.3. The molecule has 11 heteroatoms. The quantitative estimate of drug-likeness (QED) is 0.294. The summed E-state index contributed by atoms with van der Waals surface area (Å²) in [5.41, 5.74) is 2.72. The smallest absolute Gasteiger partial charge is 0.251 e. The number of carbonyl (C=O) groups is 2. The summed E-state index contributed by atoms with van der Waals surface area (Å²) in [4.78, 5) is 30.9. The molecule has 2 aliphatic rings. The van der Waals surface area contributed by atoms with Crippen LogP contribution in [-0.2, 0) is 11.3 Å². The van der Waals surface area contributed by atoms with Crippen molar-refractivity contribution in [2.75, 3.05) is 31.6 Å². The van der Waals surface area contributed by atoms with Crippen molar-refractivity contribution >= 4 is 28.7 Å². The van der Waals surface area contributed by atoms with E-state index in [-0.39, 0.29) is 24.4 Å². The first-order chi connectivity index (χ1) is 20.0. The summed E-state index contributed by atoms with van der Waals surface area (Å²) in [6, 6.07) is 11.8. The summed E-state index contributed by atoms with van der Waals surface area (Å²) in [5.74, 6) is 0.839. The van der Waals surface area contributed by atoms with E-state index >= 15 is 4.39 Å². The van der Waals surface area contributed by atoms with Crippen molar-refractivity contribution in [1.29, 1.82) is 0 Å². The molecule has 2 amide bonds. The molecule has 0 radical (unpaired) electrons. The minimum Gasteiger partial charge on any atom is -0.490 e. The lowest BCUT2D eigenvalue weighted by atomic mass is 10.0. The lowest BCUT2D eigenvalue weighted by Crippen LogP contribution is -2.30. The largest absolute Gasteiger partial charge is 0.490 e. The third-order valence-electron chi connectivity index (χ3n) is 7.29. The Morgan fingerprint density at radius 1 is 1.15 bits per heavy atom. The molecule has 6 rings (SSSR count). The van der Waals surface area contributed by atoms with Crippen molar-refractivity contribution in [3.8, 4) is 22.6 Å². The molecule has 2 aromatic carbocycles. The molecule has 0 bridgehead atoms. The van der Waals surface area contributed by atoms with E-state index in [1.54, 1.807) is 35.4 Å². The van der Waals surface area contributed by atoms with Crippen LogP contribution in [0.15, 0.2) is 61.3 Å². The standard InChI is InChI=1S/C30H29FN6O4/c1-2-26(38)37-11-9-21(17-37)34-29-27-22(8-10-32-28(27)35-36-29)18-4-5-20(23(31)14-18)16-33-30(39)19-6-7-24-25(15-19)41-13-3-12-40-24/h2,4-8,10,14-15,21H,1,3,9,11-13,16-17H2,(H,33,39)(H2,32,34,35,36)/t21-/m1/s1. The molecule has 0 aliphatic carbocycles. The predicted octanol–water partition coefficient (Wildman–Crippen LogP) is 4.05. The van der Waals surface area contributed by atoms with Gasteiger partial charge in [-0.15, -0.1) is 0 Å². The average Bonchev–Trinajstić information content (AvgIpc) is 3.56. The Bertz CT molecular complexity index is 1640. The molecule has 41 heavy (non-hydrogen) atoms. The van der Waals surface area contributed by atoms with Crippen LogP contribution in [0, 0.1) is 5.82 Å². The summed E-state index contributed by atoms with van der Waals surface area (Å²) >= 11 is 0. The third-order valence-corrected chi connectivity index (χ3v) is 7.29. The molecule has 1 atom stereocenters. The Morgan fingerprint density at radius 3 is 2.83 bits per heavy atom. The van der Waals surface area contributed by atoms with Crippen LogP contribution in [0.1, 0.15) is 28.8 Å². The highest BCUT2D eigenvalue weighted by Gasteiger charge is 2.26. The van der Waals surface area contributed by atoms with Gasteiger partial charge >= 0.3 is 0 Å². The molecular weight excluding hydrogens is 527 g/mol. The molecule has 3 N–H and O–H groups in total. The van der Waals surface area contributed by atoms with Crippen molar-refractivity contribution in [2.45, 2.75) is 25.4 Å². The first kappa shape index (κ1) is 26.3. The summed E-state index contributed by atoms with van der Waals surface area (Å²) < 4.78 is 26.6. The number of halogens is 1. The number of aromatic nitrogens is 3. The number of anilines is 1. The van der Waals surface area contributed by atoms with E-state index in [0.29, 0.717) is 66.0 Å². The molecule has 1 fully saturated rings. The van der Waals surface area contributed by atoms with Gasteiger partial charge in [0.1, 0.15) is 5.82 Å². The maximum Gasteiger partial charge on any atom is 0.251 e. The first-order valence-electron chi connectivity index (χ1n) is 13.5. The molecule has 1 saturated heterocycles. The molecule has 0 spiro atoms. The van der Waals surface area contributed by atoms with Crippen LogP contribution < -0.4 is 20.1 Å². The fourth-order valence-electron chi connectivity index (χ4n) is 5.14. The number of fused-ring (bicyclic) bond motifs is 2. The SMILES string of the molecule is C=CC(=O)N1CC[C@@H](Nc2n[nH]c3nccc(-c4ccc(CNC(=O)c5ccc6c(c5)OCCCO6)c(F)c4)c23)C1. The Balaban J connectivity index is 1.17. The van der Waals surface area contributed by atoms with Crippen molar-refractivity contribution < 1.29 is 23.5 Å². The van der Waals surface area contributed by atoms with Crippen molar-refractivity contribution in [1.82, 2.24) is 25.4 Å². The van der Waals surface area contributed by atoms with Gasteiger partial charge in [0.15, 0.2) is 23.0 Å².